The van der Waals surface area contributed by atoms with E-state index >= 15 is 0 Å². The molecule has 0 radical (unpaired) electrons. The van der Waals surface area contributed by atoms with E-state index in [1.807, 2.05) is 0 Å². The van der Waals surface area contributed by atoms with Gasteiger partial charge in [-0.25, -0.2) is 4.68 Å². The number of nitro groups is 1. The van der Waals surface area contributed by atoms with E-state index < -0.39 is 16.0 Å². The van der Waals surface area contributed by atoms with Gasteiger partial charge in [0.2, 0.25) is 5.91 Å². The van der Waals surface area contributed by atoms with Crippen LogP contribution in [-0.4, -0.2) is 45.7 Å². The Morgan fingerprint density at radius 1 is 1.36 bits per heavy atom. The summed E-state index contributed by atoms with van der Waals surface area (Å²) in [6, 6.07) is 2.87. The molecule has 0 fully saturated rings. The molecule has 1 aromatic heterocycles. The Hall–Kier alpha value is -1.74. The average molecular weight is 470 g/mol. The van der Waals surface area contributed by atoms with E-state index in [1.54, 1.807) is 14.0 Å². The molecule has 2 rings (SSSR count). The van der Waals surface area contributed by atoms with E-state index in [9.17, 15) is 14.9 Å². The van der Waals surface area contributed by atoms with Crippen molar-refractivity contribution in [3.63, 3.8) is 0 Å². The number of ether oxygens (including phenoxy) is 1. The lowest BCUT2D eigenvalue weighted by molar-refractivity contribution is -0.386. The van der Waals surface area contributed by atoms with Crippen molar-refractivity contribution in [1.29, 1.82) is 0 Å². The van der Waals surface area contributed by atoms with Crippen molar-refractivity contribution >= 4 is 58.0 Å². The number of carbonyl (C=O) groups is 1. The van der Waals surface area contributed by atoms with Crippen LogP contribution >= 0.6 is 46.4 Å². The van der Waals surface area contributed by atoms with Crippen LogP contribution in [0.1, 0.15) is 24.9 Å². The summed E-state index contributed by atoms with van der Waals surface area (Å²) in [7, 11) is 1.58. The van der Waals surface area contributed by atoms with Gasteiger partial charge in [-0.2, -0.15) is 0 Å². The van der Waals surface area contributed by atoms with Crippen LogP contribution in [0.4, 0.5) is 5.69 Å². The van der Waals surface area contributed by atoms with Gasteiger partial charge in [0.25, 0.3) is 0 Å². The zero-order valence-electron chi connectivity index (χ0n) is 15.1. The topological polar surface area (TPSA) is 90.5 Å². The van der Waals surface area contributed by atoms with Gasteiger partial charge < -0.3 is 9.64 Å². The number of nitrogens with zero attached hydrogens (tertiary/aromatic N) is 4. The zero-order valence-corrected chi connectivity index (χ0v) is 18.1. The van der Waals surface area contributed by atoms with Gasteiger partial charge in [0.05, 0.1) is 26.9 Å². The molecule has 8 nitrogen and oxygen atoms in total. The van der Waals surface area contributed by atoms with Crippen LogP contribution in [-0.2, 0) is 4.79 Å². The molecule has 28 heavy (non-hydrogen) atoms. The summed E-state index contributed by atoms with van der Waals surface area (Å²) >= 11 is 24.6. The quantitative estimate of drug-likeness (QED) is 0.326. The first kappa shape index (κ1) is 22.5. The predicted octanol–water partition coefficient (Wildman–Crippen LogP) is 4.90. The largest absolute Gasteiger partial charge is 0.470 e. The Labute approximate surface area is 181 Å². The molecule has 1 aromatic carbocycles. The second kappa shape index (κ2) is 9.17. The summed E-state index contributed by atoms with van der Waals surface area (Å²) in [6.07, 6.45) is 0. The normalized spacial score (nSPS) is 12.0. The molecule has 0 spiro atoms. The molecule has 1 amide bonds. The Kier molecular flexibility index (Phi) is 7.39. The van der Waals surface area contributed by atoms with Crippen LogP contribution in [0.2, 0.25) is 15.1 Å². The number of alkyl halides is 1. The molecule has 1 heterocycles. The molecule has 0 N–H and O–H groups in total. The second-order valence-corrected chi connectivity index (χ2v) is 7.74. The van der Waals surface area contributed by atoms with Crippen LogP contribution in [0.5, 0.6) is 5.88 Å². The van der Waals surface area contributed by atoms with Crippen molar-refractivity contribution in [3.05, 3.63) is 43.0 Å². The Bertz CT molecular complexity index is 893. The van der Waals surface area contributed by atoms with E-state index in [1.165, 1.54) is 28.6 Å². The van der Waals surface area contributed by atoms with Crippen LogP contribution in [0.25, 0.3) is 5.69 Å². The number of benzene rings is 1. The molecule has 0 aliphatic carbocycles. The minimum absolute atomic E-state index is 0.00782. The fraction of sp³-hybridized carbons (Fsp3) is 0.375. The van der Waals surface area contributed by atoms with Gasteiger partial charge in [-0.15, -0.1) is 16.7 Å². The highest BCUT2D eigenvalue weighted by Crippen LogP contribution is 2.41. The number of aromatic nitrogens is 2. The smallest absolute Gasteiger partial charge is 0.355 e. The van der Waals surface area contributed by atoms with Crippen molar-refractivity contribution in [1.82, 2.24) is 14.7 Å². The summed E-state index contributed by atoms with van der Waals surface area (Å²) in [4.78, 5) is 23.7. The summed E-state index contributed by atoms with van der Waals surface area (Å²) in [5.41, 5.74) is -0.170. The maximum Gasteiger partial charge on any atom is 0.355 e. The van der Waals surface area contributed by atoms with Gasteiger partial charge in [0.1, 0.15) is 18.0 Å². The zero-order chi connectivity index (χ0) is 21.2. The lowest BCUT2D eigenvalue weighted by Gasteiger charge is -2.13. The maximum atomic E-state index is 11.7. The highest BCUT2D eigenvalue weighted by atomic mass is 35.5. The molecular formula is C16H16Cl4N4O4. The minimum Gasteiger partial charge on any atom is -0.470 e. The lowest BCUT2D eigenvalue weighted by Crippen LogP contribution is -2.28. The number of carbonyl (C=O) groups excluding carboxylic acids is 1. The fourth-order valence-corrected chi connectivity index (χ4v) is 3.54. The molecular weight excluding hydrogens is 454 g/mol. The van der Waals surface area contributed by atoms with Gasteiger partial charge in [0.15, 0.2) is 0 Å². The summed E-state index contributed by atoms with van der Waals surface area (Å²) < 4.78 is 6.66. The number of amides is 1. The Morgan fingerprint density at radius 3 is 2.39 bits per heavy atom. The highest BCUT2D eigenvalue weighted by Gasteiger charge is 2.34. The van der Waals surface area contributed by atoms with Gasteiger partial charge in [-0.1, -0.05) is 34.8 Å². The van der Waals surface area contributed by atoms with Gasteiger partial charge >= 0.3 is 11.6 Å². The molecule has 1 atom stereocenters. The molecule has 152 valence electrons. The first-order valence-corrected chi connectivity index (χ1v) is 9.52. The van der Waals surface area contributed by atoms with E-state index in [0.29, 0.717) is 5.02 Å². The molecule has 0 saturated carbocycles. The molecule has 1 unspecified atom stereocenters. The summed E-state index contributed by atoms with van der Waals surface area (Å²) in [6.45, 7) is 3.15. The van der Waals surface area contributed by atoms with Crippen molar-refractivity contribution in [2.75, 3.05) is 20.2 Å². The number of hydrogen-bond acceptors (Lipinski definition) is 5. The monoisotopic (exact) mass is 468 g/mol. The summed E-state index contributed by atoms with van der Waals surface area (Å²) in [5, 5.41) is 15.6. The number of hydrogen-bond donors (Lipinski definition) is 0. The average Bonchev–Trinajstić information content (AvgIpc) is 2.93. The highest BCUT2D eigenvalue weighted by molar-refractivity contribution is 6.40. The molecule has 0 saturated heterocycles. The number of halogens is 4. The summed E-state index contributed by atoms with van der Waals surface area (Å²) in [5.74, 6) is -0.426. The van der Waals surface area contributed by atoms with Gasteiger partial charge in [-0.3, -0.25) is 14.9 Å². The first-order chi connectivity index (χ1) is 13.0. The van der Waals surface area contributed by atoms with E-state index in [-0.39, 0.29) is 46.4 Å². The van der Waals surface area contributed by atoms with Crippen molar-refractivity contribution in [2.45, 2.75) is 19.2 Å². The van der Waals surface area contributed by atoms with E-state index in [0.717, 1.165) is 0 Å². The second-order valence-electron chi connectivity index (χ2n) is 5.83. The number of rotatable bonds is 7. The van der Waals surface area contributed by atoms with Crippen LogP contribution in [0, 0.1) is 10.1 Å². The lowest BCUT2D eigenvalue weighted by atomic mass is 10.2. The van der Waals surface area contributed by atoms with Crippen LogP contribution in [0.3, 0.4) is 0 Å². The van der Waals surface area contributed by atoms with Crippen molar-refractivity contribution in [3.8, 4) is 11.6 Å². The molecule has 0 aliphatic heterocycles. The minimum atomic E-state index is -0.812. The van der Waals surface area contributed by atoms with Gasteiger partial charge in [0, 0.05) is 19.0 Å². The molecule has 2 aromatic rings. The predicted molar refractivity (Wildman–Crippen MR) is 108 cm³/mol. The standard InChI is InChI=1S/C16H16Cl4N4O4/c1-8(17)13-15(24(26)27)16(28-5-4-22(3)9(2)25)21-23(13)14-11(19)6-10(18)7-12(14)20/h6-8H,4-5H2,1-3H3. The Morgan fingerprint density at radius 2 is 1.93 bits per heavy atom. The third-order valence-electron chi connectivity index (χ3n) is 3.82. The molecule has 12 heteroatoms. The number of likely N-dealkylation sites (N-methyl/N-ethyl adjacent to an activating group) is 1. The molecule has 0 bridgehead atoms. The van der Waals surface area contributed by atoms with Crippen LogP contribution < -0.4 is 4.74 Å². The fourth-order valence-electron chi connectivity index (χ4n) is 2.37. The van der Waals surface area contributed by atoms with E-state index in [2.05, 4.69) is 5.10 Å². The third kappa shape index (κ3) is 4.81. The third-order valence-corrected chi connectivity index (χ3v) is 4.82. The van der Waals surface area contributed by atoms with Gasteiger partial charge in [-0.05, 0) is 19.1 Å². The van der Waals surface area contributed by atoms with Crippen molar-refractivity contribution in [2.24, 2.45) is 0 Å². The van der Waals surface area contributed by atoms with E-state index in [4.69, 9.17) is 51.1 Å². The maximum absolute atomic E-state index is 11.7. The SMILES string of the molecule is CC(=O)N(C)CCOc1nn(-c2c(Cl)cc(Cl)cc2Cl)c(C(C)Cl)c1[N+](=O)[O-]. The first-order valence-electron chi connectivity index (χ1n) is 7.95. The molecule has 0 aliphatic rings. The van der Waals surface area contributed by atoms with Crippen molar-refractivity contribution < 1.29 is 14.5 Å². The van der Waals surface area contributed by atoms with Crippen LogP contribution in [0.15, 0.2) is 12.1 Å². The Balaban J connectivity index is 2.56.